The molecule has 4 rings (SSSR count). The number of nitrogens with zero attached hydrogens (tertiary/aromatic N) is 3. The van der Waals surface area contributed by atoms with Gasteiger partial charge in [0.2, 0.25) is 0 Å². The van der Waals surface area contributed by atoms with E-state index in [9.17, 15) is 0 Å². The summed E-state index contributed by atoms with van der Waals surface area (Å²) in [6.45, 7) is 5.63. The molecule has 1 atom stereocenters. The minimum Gasteiger partial charge on any atom is -0.320 e. The van der Waals surface area contributed by atoms with E-state index in [0.29, 0.717) is 6.04 Å². The molecule has 0 radical (unpaired) electrons. The van der Waals surface area contributed by atoms with Crippen LogP contribution in [-0.2, 0) is 6.54 Å². The highest BCUT2D eigenvalue weighted by Crippen LogP contribution is 2.27. The Hall–Kier alpha value is -1.84. The van der Waals surface area contributed by atoms with Crippen molar-refractivity contribution in [3.8, 4) is 0 Å². The molecule has 1 aliphatic heterocycles. The predicted molar refractivity (Wildman–Crippen MR) is 106 cm³/mol. The summed E-state index contributed by atoms with van der Waals surface area (Å²) in [4.78, 5) is 7.53. The third-order valence-corrected chi connectivity index (χ3v) is 5.15. The first kappa shape index (κ1) is 18.0. The largest absolute Gasteiger partial charge is 0.320 e. The molecular weight excluding hydrogens is 330 g/mol. The summed E-state index contributed by atoms with van der Waals surface area (Å²) in [5.41, 5.74) is 3.67. The van der Waals surface area contributed by atoms with Gasteiger partial charge in [0.05, 0.1) is 23.6 Å². The third-order valence-electron chi connectivity index (χ3n) is 5.15. The number of halogens is 1. The lowest BCUT2D eigenvalue weighted by molar-refractivity contribution is 0.213. The molecule has 0 spiro atoms. The molecule has 132 valence electrons. The number of aromatic nitrogens is 2. The summed E-state index contributed by atoms with van der Waals surface area (Å²) in [5.74, 6) is 1.19. The predicted octanol–water partition coefficient (Wildman–Crippen LogP) is 5.05. The first-order valence-electron chi connectivity index (χ1n) is 9.06. The molecule has 0 saturated carbocycles. The van der Waals surface area contributed by atoms with E-state index in [4.69, 9.17) is 4.98 Å². The van der Waals surface area contributed by atoms with Crippen LogP contribution < -0.4 is 0 Å². The van der Waals surface area contributed by atoms with E-state index in [0.717, 1.165) is 12.1 Å². The maximum absolute atomic E-state index is 4.97. The maximum atomic E-state index is 4.97. The minimum atomic E-state index is 0. The lowest BCUT2D eigenvalue weighted by atomic mass is 10.1. The molecule has 2 heterocycles. The first-order valence-corrected chi connectivity index (χ1v) is 9.06. The van der Waals surface area contributed by atoms with Gasteiger partial charge < -0.3 is 4.57 Å². The van der Waals surface area contributed by atoms with E-state index >= 15 is 0 Å². The van der Waals surface area contributed by atoms with Gasteiger partial charge in [-0.2, -0.15) is 0 Å². The summed E-state index contributed by atoms with van der Waals surface area (Å²) < 4.78 is 2.43. The third kappa shape index (κ3) is 3.73. The quantitative estimate of drug-likeness (QED) is 0.652. The molecule has 4 heteroatoms. The molecular formula is C21H26ClN3. The number of rotatable bonds is 4. The first-order chi connectivity index (χ1) is 11.8. The smallest absolute Gasteiger partial charge is 0.124 e. The highest BCUT2D eigenvalue weighted by molar-refractivity contribution is 5.85. The fourth-order valence-corrected chi connectivity index (χ4v) is 3.84. The standard InChI is InChI=1S/C21H25N3.ClH/c1-17(18-10-4-2-5-11-18)24-20-13-7-6-12-19(20)22-21(24)16-23-14-8-3-9-15-23;/h2,4-7,10-13,17H,3,8-9,14-16H2,1H3;1H. The maximum Gasteiger partial charge on any atom is 0.124 e. The van der Waals surface area contributed by atoms with Crippen molar-refractivity contribution in [1.29, 1.82) is 0 Å². The van der Waals surface area contributed by atoms with Crippen LogP contribution in [0.25, 0.3) is 11.0 Å². The van der Waals surface area contributed by atoms with Gasteiger partial charge in [0.1, 0.15) is 5.82 Å². The van der Waals surface area contributed by atoms with Crippen molar-refractivity contribution in [1.82, 2.24) is 14.5 Å². The molecule has 3 aromatic rings. The van der Waals surface area contributed by atoms with Gasteiger partial charge in [-0.15, -0.1) is 12.4 Å². The molecule has 2 aromatic carbocycles. The molecule has 1 saturated heterocycles. The number of fused-ring (bicyclic) bond motifs is 1. The van der Waals surface area contributed by atoms with Gasteiger partial charge in [-0.05, 0) is 50.6 Å². The Morgan fingerprint density at radius 2 is 1.60 bits per heavy atom. The summed E-state index contributed by atoms with van der Waals surface area (Å²) in [6, 6.07) is 19.6. The van der Waals surface area contributed by atoms with Gasteiger partial charge in [0.15, 0.2) is 0 Å². The monoisotopic (exact) mass is 355 g/mol. The Morgan fingerprint density at radius 1 is 0.920 bits per heavy atom. The van der Waals surface area contributed by atoms with E-state index in [1.165, 1.54) is 49.3 Å². The molecule has 0 amide bonds. The van der Waals surface area contributed by atoms with E-state index in [1.807, 2.05) is 0 Å². The normalized spacial score (nSPS) is 16.5. The Bertz CT molecular complexity index is 806. The van der Waals surface area contributed by atoms with Crippen molar-refractivity contribution in [3.63, 3.8) is 0 Å². The Balaban J connectivity index is 0.00000182. The van der Waals surface area contributed by atoms with Crippen molar-refractivity contribution in [3.05, 3.63) is 66.0 Å². The molecule has 25 heavy (non-hydrogen) atoms. The van der Waals surface area contributed by atoms with Crippen LogP contribution in [0.15, 0.2) is 54.6 Å². The van der Waals surface area contributed by atoms with Crippen LogP contribution in [0, 0.1) is 0 Å². The minimum absolute atomic E-state index is 0. The Kier molecular flexibility index (Phi) is 5.77. The van der Waals surface area contributed by atoms with Gasteiger partial charge in [0, 0.05) is 0 Å². The van der Waals surface area contributed by atoms with Crippen molar-refractivity contribution in [2.45, 2.75) is 38.8 Å². The number of imidazole rings is 1. The summed E-state index contributed by atoms with van der Waals surface area (Å²) >= 11 is 0. The van der Waals surface area contributed by atoms with Gasteiger partial charge in [-0.25, -0.2) is 4.98 Å². The average molecular weight is 356 g/mol. The van der Waals surface area contributed by atoms with Crippen molar-refractivity contribution in [2.75, 3.05) is 13.1 Å². The van der Waals surface area contributed by atoms with Gasteiger partial charge in [0.25, 0.3) is 0 Å². The number of hydrogen-bond donors (Lipinski definition) is 0. The molecule has 1 unspecified atom stereocenters. The zero-order valence-electron chi connectivity index (χ0n) is 14.8. The van der Waals surface area contributed by atoms with E-state index in [-0.39, 0.29) is 12.4 Å². The second kappa shape index (κ2) is 8.03. The van der Waals surface area contributed by atoms with Gasteiger partial charge >= 0.3 is 0 Å². The van der Waals surface area contributed by atoms with Crippen LogP contribution in [0.1, 0.15) is 43.6 Å². The number of benzene rings is 2. The fraction of sp³-hybridized carbons (Fsp3) is 0.381. The molecule has 3 nitrogen and oxygen atoms in total. The van der Waals surface area contributed by atoms with E-state index in [2.05, 4.69) is 71.0 Å². The molecule has 1 aromatic heterocycles. The van der Waals surface area contributed by atoms with Crippen LogP contribution in [0.4, 0.5) is 0 Å². The van der Waals surface area contributed by atoms with E-state index in [1.54, 1.807) is 0 Å². The number of para-hydroxylation sites is 2. The fourth-order valence-electron chi connectivity index (χ4n) is 3.84. The van der Waals surface area contributed by atoms with Crippen molar-refractivity contribution in [2.24, 2.45) is 0 Å². The number of piperidine rings is 1. The van der Waals surface area contributed by atoms with Crippen LogP contribution in [0.3, 0.4) is 0 Å². The SMILES string of the molecule is CC(c1ccccc1)n1c(CN2CCCCC2)nc2ccccc21.Cl. The molecule has 0 aliphatic carbocycles. The second-order valence-electron chi connectivity index (χ2n) is 6.81. The van der Waals surface area contributed by atoms with Crippen LogP contribution in [0.2, 0.25) is 0 Å². The average Bonchev–Trinajstić information content (AvgIpc) is 3.00. The lowest BCUT2D eigenvalue weighted by Gasteiger charge is -2.27. The summed E-state index contributed by atoms with van der Waals surface area (Å²) in [6.07, 6.45) is 4.00. The number of likely N-dealkylation sites (tertiary alicyclic amines) is 1. The van der Waals surface area contributed by atoms with Gasteiger partial charge in [-0.1, -0.05) is 48.9 Å². The van der Waals surface area contributed by atoms with Gasteiger partial charge in [-0.3, -0.25) is 4.90 Å². The second-order valence-corrected chi connectivity index (χ2v) is 6.81. The van der Waals surface area contributed by atoms with Crippen molar-refractivity contribution < 1.29 is 0 Å². The summed E-state index contributed by atoms with van der Waals surface area (Å²) in [5, 5.41) is 0. The molecule has 0 bridgehead atoms. The molecule has 1 aliphatic rings. The Labute approximate surface area is 156 Å². The number of hydrogen-bond acceptors (Lipinski definition) is 2. The zero-order valence-corrected chi connectivity index (χ0v) is 15.6. The topological polar surface area (TPSA) is 21.1 Å². The molecule has 1 fully saturated rings. The van der Waals surface area contributed by atoms with Crippen LogP contribution in [0.5, 0.6) is 0 Å². The Morgan fingerprint density at radius 3 is 2.36 bits per heavy atom. The highest BCUT2D eigenvalue weighted by Gasteiger charge is 2.20. The summed E-state index contributed by atoms with van der Waals surface area (Å²) in [7, 11) is 0. The van der Waals surface area contributed by atoms with Crippen LogP contribution >= 0.6 is 12.4 Å². The van der Waals surface area contributed by atoms with E-state index < -0.39 is 0 Å². The molecule has 0 N–H and O–H groups in total. The highest BCUT2D eigenvalue weighted by atomic mass is 35.5. The lowest BCUT2D eigenvalue weighted by Crippen LogP contribution is -2.30. The zero-order chi connectivity index (χ0) is 16.4. The van der Waals surface area contributed by atoms with Crippen LogP contribution in [-0.4, -0.2) is 27.5 Å². The van der Waals surface area contributed by atoms with Crippen molar-refractivity contribution >= 4 is 23.4 Å².